The van der Waals surface area contributed by atoms with E-state index in [-0.39, 0.29) is 5.75 Å². The first-order valence-corrected chi connectivity index (χ1v) is 8.51. The smallest absolute Gasteiger partial charge is 0.324 e. The van der Waals surface area contributed by atoms with Gasteiger partial charge in [0.05, 0.1) is 5.75 Å². The van der Waals surface area contributed by atoms with Crippen LogP contribution < -0.4 is 4.72 Å². The molecule has 1 aromatic rings. The fraction of sp³-hybridized carbons (Fsp3) is 0.533. The molecule has 0 saturated heterocycles. The minimum absolute atomic E-state index is 0.0653. The Morgan fingerprint density at radius 3 is 2.33 bits per heavy atom. The maximum atomic E-state index is 12.0. The summed E-state index contributed by atoms with van der Waals surface area (Å²) in [6.45, 7) is 6.69. The number of sulfonamides is 1. The molecule has 0 aliphatic heterocycles. The Morgan fingerprint density at radius 2 is 1.81 bits per heavy atom. The second-order valence-electron chi connectivity index (χ2n) is 5.93. The van der Waals surface area contributed by atoms with Crippen LogP contribution in [0.5, 0.6) is 0 Å². The van der Waals surface area contributed by atoms with Crippen LogP contribution in [0.3, 0.4) is 0 Å². The van der Waals surface area contributed by atoms with Gasteiger partial charge in [-0.05, 0) is 39.7 Å². The molecule has 21 heavy (non-hydrogen) atoms. The van der Waals surface area contributed by atoms with E-state index in [2.05, 4.69) is 4.72 Å². The van der Waals surface area contributed by atoms with E-state index in [0.29, 0.717) is 6.42 Å². The Morgan fingerprint density at radius 1 is 1.24 bits per heavy atom. The molecule has 0 aliphatic rings. The number of esters is 1. The highest BCUT2D eigenvalue weighted by Crippen LogP contribution is 2.09. The zero-order valence-corrected chi connectivity index (χ0v) is 13.7. The van der Waals surface area contributed by atoms with Gasteiger partial charge in [0.1, 0.15) is 11.6 Å². The molecule has 0 spiro atoms. The largest absolute Gasteiger partial charge is 0.459 e. The molecule has 0 amide bonds. The van der Waals surface area contributed by atoms with Crippen molar-refractivity contribution >= 4 is 16.0 Å². The quantitative estimate of drug-likeness (QED) is 0.814. The van der Waals surface area contributed by atoms with Crippen LogP contribution >= 0.6 is 0 Å². The summed E-state index contributed by atoms with van der Waals surface area (Å²) < 4.78 is 31.4. The Labute approximate surface area is 126 Å². The molecule has 0 saturated carbocycles. The van der Waals surface area contributed by atoms with Gasteiger partial charge in [0, 0.05) is 0 Å². The highest BCUT2D eigenvalue weighted by Gasteiger charge is 2.25. The molecule has 0 heterocycles. The molecule has 0 radical (unpaired) electrons. The van der Waals surface area contributed by atoms with E-state index in [1.165, 1.54) is 6.92 Å². The lowest BCUT2D eigenvalue weighted by atomic mass is 10.2. The SMILES string of the molecule is C[C@@H](NS(=O)(=O)CCc1ccccc1)C(=O)OC(C)(C)C. The van der Waals surface area contributed by atoms with Crippen LogP contribution in [0, 0.1) is 0 Å². The van der Waals surface area contributed by atoms with Crippen LogP contribution in [0.4, 0.5) is 0 Å². The van der Waals surface area contributed by atoms with E-state index in [4.69, 9.17) is 4.74 Å². The van der Waals surface area contributed by atoms with Gasteiger partial charge in [0.15, 0.2) is 0 Å². The molecule has 0 bridgehead atoms. The fourth-order valence-electron chi connectivity index (χ4n) is 1.66. The summed E-state index contributed by atoms with van der Waals surface area (Å²) in [6.07, 6.45) is 0.400. The van der Waals surface area contributed by atoms with E-state index in [1.807, 2.05) is 30.3 Å². The minimum atomic E-state index is -3.53. The third kappa shape index (κ3) is 7.24. The van der Waals surface area contributed by atoms with Gasteiger partial charge in [0.2, 0.25) is 10.0 Å². The number of benzene rings is 1. The zero-order chi connectivity index (χ0) is 16.1. The maximum Gasteiger partial charge on any atom is 0.324 e. The van der Waals surface area contributed by atoms with Gasteiger partial charge >= 0.3 is 5.97 Å². The second kappa shape index (κ2) is 7.04. The molecule has 0 fully saturated rings. The van der Waals surface area contributed by atoms with Crippen LogP contribution in [0.25, 0.3) is 0 Å². The molecular formula is C15H23NO4S. The summed E-state index contributed by atoms with van der Waals surface area (Å²) in [5.41, 5.74) is 0.300. The van der Waals surface area contributed by atoms with Crippen molar-refractivity contribution < 1.29 is 17.9 Å². The lowest BCUT2D eigenvalue weighted by Gasteiger charge is -2.22. The summed E-state index contributed by atoms with van der Waals surface area (Å²) in [5.74, 6) is -0.643. The third-order valence-electron chi connectivity index (χ3n) is 2.62. The predicted molar refractivity (Wildman–Crippen MR) is 82.4 cm³/mol. The summed E-state index contributed by atoms with van der Waals surface area (Å²) in [6, 6.07) is 8.43. The Kier molecular flexibility index (Phi) is 5.92. The van der Waals surface area contributed by atoms with E-state index in [9.17, 15) is 13.2 Å². The zero-order valence-electron chi connectivity index (χ0n) is 12.9. The number of aryl methyl sites for hydroxylation is 1. The number of ether oxygens (including phenoxy) is 1. The van der Waals surface area contributed by atoms with Crippen molar-refractivity contribution in [1.82, 2.24) is 4.72 Å². The van der Waals surface area contributed by atoms with Crippen molar-refractivity contribution in [2.45, 2.75) is 45.8 Å². The highest BCUT2D eigenvalue weighted by atomic mass is 32.2. The van der Waals surface area contributed by atoms with Crippen molar-refractivity contribution in [1.29, 1.82) is 0 Å². The Hall–Kier alpha value is -1.40. The summed E-state index contributed by atoms with van der Waals surface area (Å²) in [5, 5.41) is 0. The van der Waals surface area contributed by atoms with Crippen molar-refractivity contribution in [2.24, 2.45) is 0 Å². The van der Waals surface area contributed by atoms with Gasteiger partial charge in [-0.15, -0.1) is 0 Å². The summed E-state index contributed by atoms with van der Waals surface area (Å²) in [4.78, 5) is 11.8. The normalized spacial score (nSPS) is 13.7. The van der Waals surface area contributed by atoms with Crippen LogP contribution in [-0.4, -0.2) is 31.8 Å². The average Bonchev–Trinajstić information content (AvgIpc) is 2.35. The minimum Gasteiger partial charge on any atom is -0.459 e. The van der Waals surface area contributed by atoms with Gasteiger partial charge in [0.25, 0.3) is 0 Å². The van der Waals surface area contributed by atoms with Crippen LogP contribution in [0.15, 0.2) is 30.3 Å². The molecule has 1 N–H and O–H groups in total. The van der Waals surface area contributed by atoms with Crippen LogP contribution in [0.1, 0.15) is 33.3 Å². The lowest BCUT2D eigenvalue weighted by Crippen LogP contribution is -2.43. The molecule has 0 aliphatic carbocycles. The topological polar surface area (TPSA) is 72.5 Å². The van der Waals surface area contributed by atoms with Gasteiger partial charge in [-0.25, -0.2) is 13.1 Å². The highest BCUT2D eigenvalue weighted by molar-refractivity contribution is 7.89. The monoisotopic (exact) mass is 313 g/mol. The number of hydrogen-bond acceptors (Lipinski definition) is 4. The standard InChI is InChI=1S/C15H23NO4S/c1-12(14(17)20-15(2,3)4)16-21(18,19)11-10-13-8-6-5-7-9-13/h5-9,12,16H,10-11H2,1-4H3/t12-/m1/s1. The third-order valence-corrected chi connectivity index (χ3v) is 4.07. The first-order chi connectivity index (χ1) is 9.59. The van der Waals surface area contributed by atoms with Crippen molar-refractivity contribution in [3.8, 4) is 0 Å². The van der Waals surface area contributed by atoms with E-state index < -0.39 is 27.6 Å². The van der Waals surface area contributed by atoms with E-state index in [1.54, 1.807) is 20.8 Å². The lowest BCUT2D eigenvalue weighted by molar-refractivity contribution is -0.156. The Bertz CT molecular complexity index is 561. The second-order valence-corrected chi connectivity index (χ2v) is 7.80. The number of carbonyl (C=O) groups is 1. The fourth-order valence-corrected chi connectivity index (χ4v) is 2.92. The van der Waals surface area contributed by atoms with E-state index in [0.717, 1.165) is 5.56 Å². The number of hydrogen-bond donors (Lipinski definition) is 1. The molecule has 0 unspecified atom stereocenters. The van der Waals surface area contributed by atoms with E-state index >= 15 is 0 Å². The predicted octanol–water partition coefficient (Wildman–Crippen LogP) is 1.88. The molecule has 6 heteroatoms. The van der Waals surface area contributed by atoms with Crippen molar-refractivity contribution in [3.63, 3.8) is 0 Å². The van der Waals surface area contributed by atoms with Crippen molar-refractivity contribution in [2.75, 3.05) is 5.75 Å². The molecule has 118 valence electrons. The van der Waals surface area contributed by atoms with Gasteiger partial charge < -0.3 is 4.74 Å². The summed E-state index contributed by atoms with van der Waals surface area (Å²) in [7, 11) is -3.53. The number of rotatable bonds is 6. The molecular weight excluding hydrogens is 290 g/mol. The first kappa shape index (κ1) is 17.7. The molecule has 1 atom stereocenters. The molecule has 0 aromatic heterocycles. The number of carbonyl (C=O) groups excluding carboxylic acids is 1. The van der Waals surface area contributed by atoms with Gasteiger partial charge in [-0.3, -0.25) is 4.79 Å². The maximum absolute atomic E-state index is 12.0. The van der Waals surface area contributed by atoms with Crippen LogP contribution in [-0.2, 0) is 26.0 Å². The Balaban J connectivity index is 2.54. The summed E-state index contributed by atoms with van der Waals surface area (Å²) >= 11 is 0. The van der Waals surface area contributed by atoms with Crippen LogP contribution in [0.2, 0.25) is 0 Å². The average molecular weight is 313 g/mol. The first-order valence-electron chi connectivity index (χ1n) is 6.86. The number of nitrogens with one attached hydrogen (secondary N) is 1. The molecule has 5 nitrogen and oxygen atoms in total. The van der Waals surface area contributed by atoms with Gasteiger partial charge in [-0.2, -0.15) is 0 Å². The van der Waals surface area contributed by atoms with Gasteiger partial charge in [-0.1, -0.05) is 30.3 Å². The van der Waals surface area contributed by atoms with Crippen molar-refractivity contribution in [3.05, 3.63) is 35.9 Å². The molecule has 1 rings (SSSR count). The molecule has 1 aromatic carbocycles.